The first-order valence-corrected chi connectivity index (χ1v) is 8.91. The number of nitrogens with two attached hydrogens (primary N) is 1. The molecule has 1 saturated heterocycles. The van der Waals surface area contributed by atoms with E-state index in [9.17, 15) is 9.18 Å². The molecule has 0 bridgehead atoms. The standard InChI is InChI=1S/C18H24ClFN2O/c19-15-12-13(4-5-16(15)20)18(8-2-1-3-9-18)17(23)22-10-6-14(21)7-11-22/h4-5,12,14H,1-3,6-11,21H2. The monoisotopic (exact) mass is 338 g/mol. The van der Waals surface area contributed by atoms with Crippen molar-refractivity contribution in [2.45, 2.75) is 56.4 Å². The number of carbonyl (C=O) groups excluding carboxylic acids is 1. The molecule has 1 heterocycles. The van der Waals surface area contributed by atoms with E-state index in [0.717, 1.165) is 63.6 Å². The van der Waals surface area contributed by atoms with Crippen LogP contribution < -0.4 is 5.73 Å². The van der Waals surface area contributed by atoms with Crippen LogP contribution in [-0.4, -0.2) is 29.9 Å². The molecule has 2 aliphatic rings. The van der Waals surface area contributed by atoms with Gasteiger partial charge in [-0.2, -0.15) is 0 Å². The molecule has 1 aromatic rings. The highest BCUT2D eigenvalue weighted by atomic mass is 35.5. The Morgan fingerprint density at radius 3 is 2.48 bits per heavy atom. The largest absolute Gasteiger partial charge is 0.342 e. The smallest absolute Gasteiger partial charge is 0.233 e. The van der Waals surface area contributed by atoms with Gasteiger partial charge in [-0.3, -0.25) is 4.79 Å². The Kier molecular flexibility index (Phi) is 4.93. The second-order valence-corrected chi connectivity index (χ2v) is 7.31. The number of hydrogen-bond donors (Lipinski definition) is 1. The maximum Gasteiger partial charge on any atom is 0.233 e. The molecule has 0 radical (unpaired) electrons. The van der Waals surface area contributed by atoms with Crippen LogP contribution in [0.4, 0.5) is 4.39 Å². The number of nitrogens with zero attached hydrogens (tertiary/aromatic N) is 1. The summed E-state index contributed by atoms with van der Waals surface area (Å²) in [7, 11) is 0. The third-order valence-corrected chi connectivity index (χ3v) is 5.71. The normalized spacial score (nSPS) is 22.1. The van der Waals surface area contributed by atoms with Crippen LogP contribution in [0.5, 0.6) is 0 Å². The van der Waals surface area contributed by atoms with E-state index in [1.165, 1.54) is 6.07 Å². The molecular formula is C18H24ClFN2O. The van der Waals surface area contributed by atoms with Crippen molar-refractivity contribution in [3.63, 3.8) is 0 Å². The maximum absolute atomic E-state index is 13.5. The van der Waals surface area contributed by atoms with Gasteiger partial charge in [-0.05, 0) is 43.4 Å². The highest BCUT2D eigenvalue weighted by Crippen LogP contribution is 2.42. The second kappa shape index (κ2) is 6.78. The molecule has 1 aliphatic heterocycles. The van der Waals surface area contributed by atoms with E-state index in [2.05, 4.69) is 0 Å². The van der Waals surface area contributed by atoms with Gasteiger partial charge in [0.15, 0.2) is 0 Å². The lowest BCUT2D eigenvalue weighted by molar-refractivity contribution is -0.140. The molecule has 1 amide bonds. The van der Waals surface area contributed by atoms with Crippen LogP contribution in [-0.2, 0) is 10.2 Å². The summed E-state index contributed by atoms with van der Waals surface area (Å²) in [5.41, 5.74) is 6.28. The minimum atomic E-state index is -0.545. The Bertz CT molecular complexity index is 578. The average molecular weight is 339 g/mol. The molecule has 0 unspecified atom stereocenters. The van der Waals surface area contributed by atoms with Gasteiger partial charge in [-0.25, -0.2) is 4.39 Å². The molecule has 0 aromatic heterocycles. The van der Waals surface area contributed by atoms with Gasteiger partial charge in [0.05, 0.1) is 10.4 Å². The Morgan fingerprint density at radius 2 is 1.87 bits per heavy atom. The minimum Gasteiger partial charge on any atom is -0.342 e. The molecule has 1 aromatic carbocycles. The molecule has 1 aliphatic carbocycles. The van der Waals surface area contributed by atoms with Crippen molar-refractivity contribution in [1.29, 1.82) is 0 Å². The Morgan fingerprint density at radius 1 is 1.22 bits per heavy atom. The number of carbonyl (C=O) groups is 1. The zero-order valence-electron chi connectivity index (χ0n) is 13.4. The predicted molar refractivity (Wildman–Crippen MR) is 90.0 cm³/mol. The van der Waals surface area contributed by atoms with Crippen LogP contribution in [0.15, 0.2) is 18.2 Å². The number of benzene rings is 1. The first-order chi connectivity index (χ1) is 11.0. The molecule has 2 N–H and O–H groups in total. The fourth-order valence-corrected chi connectivity index (χ4v) is 4.16. The molecular weight excluding hydrogens is 315 g/mol. The molecule has 23 heavy (non-hydrogen) atoms. The van der Waals surface area contributed by atoms with Gasteiger partial charge in [0, 0.05) is 19.1 Å². The fraction of sp³-hybridized carbons (Fsp3) is 0.611. The number of amides is 1. The number of halogens is 2. The second-order valence-electron chi connectivity index (χ2n) is 6.90. The molecule has 2 fully saturated rings. The van der Waals surface area contributed by atoms with E-state index < -0.39 is 11.2 Å². The van der Waals surface area contributed by atoms with Crippen molar-refractivity contribution < 1.29 is 9.18 Å². The quantitative estimate of drug-likeness (QED) is 0.895. The molecule has 0 atom stereocenters. The van der Waals surface area contributed by atoms with Crippen LogP contribution in [0, 0.1) is 5.82 Å². The molecule has 3 rings (SSSR count). The van der Waals surface area contributed by atoms with Gasteiger partial charge in [0.1, 0.15) is 5.82 Å². The van der Waals surface area contributed by atoms with Crippen molar-refractivity contribution in [2.75, 3.05) is 13.1 Å². The van der Waals surface area contributed by atoms with Crippen LogP contribution in [0.3, 0.4) is 0 Å². The predicted octanol–water partition coefficient (Wildman–Crippen LogP) is 3.63. The van der Waals surface area contributed by atoms with Crippen molar-refractivity contribution in [3.05, 3.63) is 34.6 Å². The van der Waals surface area contributed by atoms with Crippen LogP contribution in [0.1, 0.15) is 50.5 Å². The fourth-order valence-electron chi connectivity index (χ4n) is 3.98. The first kappa shape index (κ1) is 16.7. The molecule has 0 spiro atoms. The number of piperidine rings is 1. The van der Waals surface area contributed by atoms with Crippen molar-refractivity contribution in [2.24, 2.45) is 5.73 Å². The SMILES string of the molecule is NC1CCN(C(=O)C2(c3ccc(F)c(Cl)c3)CCCCC2)CC1. The first-order valence-electron chi connectivity index (χ1n) is 8.53. The average Bonchev–Trinajstić information content (AvgIpc) is 2.58. The number of likely N-dealkylation sites (tertiary alicyclic amines) is 1. The summed E-state index contributed by atoms with van der Waals surface area (Å²) in [4.78, 5) is 15.3. The Labute approximate surface area is 142 Å². The van der Waals surface area contributed by atoms with Crippen molar-refractivity contribution in [3.8, 4) is 0 Å². The summed E-state index contributed by atoms with van der Waals surface area (Å²) in [6.45, 7) is 1.44. The van der Waals surface area contributed by atoms with Crippen LogP contribution in [0.25, 0.3) is 0 Å². The van der Waals surface area contributed by atoms with E-state index in [-0.39, 0.29) is 17.0 Å². The Balaban J connectivity index is 1.92. The summed E-state index contributed by atoms with van der Waals surface area (Å²) in [6.07, 6.45) is 6.53. The van der Waals surface area contributed by atoms with Gasteiger partial charge >= 0.3 is 0 Å². The highest BCUT2D eigenvalue weighted by Gasteiger charge is 2.44. The lowest BCUT2D eigenvalue weighted by atomic mass is 9.68. The summed E-state index contributed by atoms with van der Waals surface area (Å²) >= 11 is 5.99. The van der Waals surface area contributed by atoms with E-state index in [1.807, 2.05) is 4.90 Å². The van der Waals surface area contributed by atoms with Gasteiger partial charge in [-0.15, -0.1) is 0 Å². The summed E-state index contributed by atoms with van der Waals surface area (Å²) in [5, 5.41) is 0.0981. The zero-order chi connectivity index (χ0) is 16.4. The Hall–Kier alpha value is -1.13. The van der Waals surface area contributed by atoms with Crippen molar-refractivity contribution in [1.82, 2.24) is 4.90 Å². The van der Waals surface area contributed by atoms with E-state index in [0.29, 0.717) is 0 Å². The van der Waals surface area contributed by atoms with Crippen molar-refractivity contribution >= 4 is 17.5 Å². The zero-order valence-corrected chi connectivity index (χ0v) is 14.1. The molecule has 1 saturated carbocycles. The lowest BCUT2D eigenvalue weighted by Gasteiger charge is -2.42. The molecule has 126 valence electrons. The highest BCUT2D eigenvalue weighted by molar-refractivity contribution is 6.30. The molecule has 3 nitrogen and oxygen atoms in total. The summed E-state index contributed by atoms with van der Waals surface area (Å²) in [6, 6.07) is 4.96. The number of rotatable bonds is 2. The molecule has 5 heteroatoms. The number of hydrogen-bond acceptors (Lipinski definition) is 2. The topological polar surface area (TPSA) is 46.3 Å². The third kappa shape index (κ3) is 3.24. The third-order valence-electron chi connectivity index (χ3n) is 5.42. The minimum absolute atomic E-state index is 0.0981. The van der Waals surface area contributed by atoms with Crippen LogP contribution in [0.2, 0.25) is 5.02 Å². The van der Waals surface area contributed by atoms with E-state index >= 15 is 0 Å². The van der Waals surface area contributed by atoms with E-state index in [4.69, 9.17) is 17.3 Å². The van der Waals surface area contributed by atoms with E-state index in [1.54, 1.807) is 12.1 Å². The van der Waals surface area contributed by atoms with Gasteiger partial charge < -0.3 is 10.6 Å². The lowest BCUT2D eigenvalue weighted by Crippen LogP contribution is -2.52. The maximum atomic E-state index is 13.5. The van der Waals surface area contributed by atoms with Gasteiger partial charge in [0.25, 0.3) is 0 Å². The van der Waals surface area contributed by atoms with Crippen LogP contribution >= 0.6 is 11.6 Å². The summed E-state index contributed by atoms with van der Waals surface area (Å²) < 4.78 is 13.5. The van der Waals surface area contributed by atoms with Gasteiger partial charge in [0.2, 0.25) is 5.91 Å². The summed E-state index contributed by atoms with van der Waals surface area (Å²) in [5.74, 6) is -0.260. The van der Waals surface area contributed by atoms with Gasteiger partial charge in [-0.1, -0.05) is 36.9 Å².